The van der Waals surface area contributed by atoms with E-state index in [0.717, 1.165) is 10.0 Å². The van der Waals surface area contributed by atoms with Gasteiger partial charge in [0.1, 0.15) is 0 Å². The molecule has 5 nitrogen and oxygen atoms in total. The summed E-state index contributed by atoms with van der Waals surface area (Å²) >= 11 is 9.68. The average molecular weight is 532 g/mol. The van der Waals surface area contributed by atoms with E-state index in [1.807, 2.05) is 42.5 Å². The highest BCUT2D eigenvalue weighted by molar-refractivity contribution is 9.10. The van der Waals surface area contributed by atoms with E-state index in [1.165, 1.54) is 0 Å². The van der Waals surface area contributed by atoms with E-state index in [0.29, 0.717) is 17.0 Å². The quantitative estimate of drug-likeness (QED) is 0.335. The lowest BCUT2D eigenvalue weighted by Gasteiger charge is -2.14. The van der Waals surface area contributed by atoms with Crippen LogP contribution >= 0.6 is 47.8 Å². The Hall–Kier alpha value is -1.51. The maximum atomic E-state index is 11.8. The summed E-state index contributed by atoms with van der Waals surface area (Å²) < 4.78 is 0.829. The van der Waals surface area contributed by atoms with Crippen molar-refractivity contribution in [2.24, 2.45) is 5.10 Å². The molecular weight excluding hydrogens is 518 g/mol. The minimum absolute atomic E-state index is 0.143. The number of rotatable bonds is 6. The number of nitrogens with one attached hydrogen (secondary N) is 2. The smallest absolute Gasteiger partial charge is 0.250 e. The molecule has 8 heteroatoms. The van der Waals surface area contributed by atoms with Gasteiger partial charge < -0.3 is 5.32 Å². The number of amides is 2. The van der Waals surface area contributed by atoms with E-state index in [4.69, 9.17) is 0 Å². The van der Waals surface area contributed by atoms with E-state index in [1.54, 1.807) is 6.07 Å². The molecule has 0 aromatic heterocycles. The van der Waals surface area contributed by atoms with Crippen LogP contribution in [-0.2, 0) is 9.59 Å². The number of benzene rings is 2. The topological polar surface area (TPSA) is 70.6 Å². The van der Waals surface area contributed by atoms with Gasteiger partial charge in [0.15, 0.2) is 0 Å². The van der Waals surface area contributed by atoms with Crippen molar-refractivity contribution in [2.75, 3.05) is 16.0 Å². The molecule has 0 atom stereocenters. The van der Waals surface area contributed by atoms with Crippen molar-refractivity contribution >= 4 is 71.0 Å². The first-order valence-corrected chi connectivity index (χ1v) is 10.2. The maximum absolute atomic E-state index is 11.8. The Morgan fingerprint density at radius 1 is 0.960 bits per heavy atom. The number of carbonyl (C=O) groups excluding carboxylic acids is 2. The van der Waals surface area contributed by atoms with Crippen molar-refractivity contribution in [3.63, 3.8) is 0 Å². The maximum Gasteiger partial charge on any atom is 0.250 e. The summed E-state index contributed by atoms with van der Waals surface area (Å²) in [6, 6.07) is 14.9. The molecule has 2 rings (SSSR count). The molecule has 2 aromatic rings. The summed E-state index contributed by atoms with van der Waals surface area (Å²) in [5, 5.41) is 7.43. The summed E-state index contributed by atoms with van der Waals surface area (Å²) in [5.74, 6) is -0.449. The van der Waals surface area contributed by atoms with Gasteiger partial charge in [-0.2, -0.15) is 5.10 Å². The van der Waals surface area contributed by atoms with E-state index in [2.05, 4.69) is 63.6 Å². The van der Waals surface area contributed by atoms with Crippen LogP contribution in [0.4, 0.5) is 5.69 Å². The van der Waals surface area contributed by atoms with Gasteiger partial charge in [-0.1, -0.05) is 78.1 Å². The normalized spacial score (nSPS) is 11.1. The first-order chi connectivity index (χ1) is 12.0. The minimum atomic E-state index is -0.269. The lowest BCUT2D eigenvalue weighted by Crippen LogP contribution is -2.22. The third-order valence-electron chi connectivity index (χ3n) is 3.09. The van der Waals surface area contributed by atoms with Crippen LogP contribution in [0.2, 0.25) is 0 Å². The van der Waals surface area contributed by atoms with Crippen molar-refractivity contribution in [3.8, 4) is 0 Å². The standard InChI is InChI=1S/C17H14Br3N3O2/c18-9-15(24)21-14-7-6-12(20)8-13(14)17(23-22-16(25)10-19)11-4-2-1-3-5-11/h1-8H,9-10H2,(H,21,24)(H,22,25). The minimum Gasteiger partial charge on any atom is -0.325 e. The molecule has 0 spiro atoms. The molecule has 0 aliphatic heterocycles. The van der Waals surface area contributed by atoms with E-state index in [-0.39, 0.29) is 22.5 Å². The zero-order valence-electron chi connectivity index (χ0n) is 12.9. The molecule has 25 heavy (non-hydrogen) atoms. The highest BCUT2D eigenvalue weighted by Gasteiger charge is 2.15. The van der Waals surface area contributed by atoms with Gasteiger partial charge in [0, 0.05) is 15.6 Å². The molecule has 2 amide bonds. The molecule has 130 valence electrons. The van der Waals surface area contributed by atoms with Gasteiger partial charge in [-0.05, 0) is 18.2 Å². The van der Waals surface area contributed by atoms with Crippen LogP contribution in [0.15, 0.2) is 58.1 Å². The van der Waals surface area contributed by atoms with Crippen LogP contribution in [0.25, 0.3) is 0 Å². The average Bonchev–Trinajstić information content (AvgIpc) is 2.64. The fourth-order valence-corrected chi connectivity index (χ4v) is 2.66. The van der Waals surface area contributed by atoms with Gasteiger partial charge >= 0.3 is 0 Å². The molecule has 0 aliphatic carbocycles. The number of hydrogen-bond acceptors (Lipinski definition) is 3. The van der Waals surface area contributed by atoms with E-state index >= 15 is 0 Å². The van der Waals surface area contributed by atoms with Crippen molar-refractivity contribution in [2.45, 2.75) is 0 Å². The van der Waals surface area contributed by atoms with Gasteiger partial charge in [-0.3, -0.25) is 9.59 Å². The fourth-order valence-electron chi connectivity index (χ4n) is 2.03. The van der Waals surface area contributed by atoms with Crippen molar-refractivity contribution in [1.29, 1.82) is 0 Å². The lowest BCUT2D eigenvalue weighted by atomic mass is 10.0. The van der Waals surface area contributed by atoms with Crippen molar-refractivity contribution in [1.82, 2.24) is 5.43 Å². The predicted molar refractivity (Wildman–Crippen MR) is 111 cm³/mol. The molecule has 0 heterocycles. The second-order valence-electron chi connectivity index (χ2n) is 4.87. The Morgan fingerprint density at radius 2 is 1.64 bits per heavy atom. The lowest BCUT2D eigenvalue weighted by molar-refractivity contribution is -0.118. The molecule has 0 radical (unpaired) electrons. The molecule has 0 saturated heterocycles. The number of halogens is 3. The highest BCUT2D eigenvalue weighted by atomic mass is 79.9. The third-order valence-corrected chi connectivity index (χ3v) is 4.61. The molecule has 0 aliphatic rings. The molecule has 0 fully saturated rings. The Bertz CT molecular complexity index is 795. The van der Waals surface area contributed by atoms with Crippen molar-refractivity contribution in [3.05, 3.63) is 64.1 Å². The van der Waals surface area contributed by atoms with Gasteiger partial charge in [-0.25, -0.2) is 5.43 Å². The first-order valence-electron chi connectivity index (χ1n) is 7.18. The second-order valence-corrected chi connectivity index (χ2v) is 6.90. The van der Waals surface area contributed by atoms with Gasteiger partial charge in [0.25, 0.3) is 5.91 Å². The fraction of sp³-hybridized carbons (Fsp3) is 0.118. The molecule has 0 saturated carbocycles. The first kappa shape index (κ1) is 19.8. The Morgan fingerprint density at radius 3 is 2.28 bits per heavy atom. The zero-order valence-corrected chi connectivity index (χ0v) is 17.7. The summed E-state index contributed by atoms with van der Waals surface area (Å²) in [6.45, 7) is 0. The molecule has 0 unspecified atom stereocenters. The number of carbonyl (C=O) groups is 2. The predicted octanol–water partition coefficient (Wildman–Crippen LogP) is 4.05. The van der Waals surface area contributed by atoms with Gasteiger partial charge in [0.2, 0.25) is 5.91 Å². The Balaban J connectivity index is 2.55. The number of anilines is 1. The molecular formula is C17H14Br3N3O2. The number of hydrazone groups is 1. The van der Waals surface area contributed by atoms with E-state index < -0.39 is 0 Å². The molecule has 0 bridgehead atoms. The molecule has 2 N–H and O–H groups in total. The van der Waals surface area contributed by atoms with Crippen molar-refractivity contribution < 1.29 is 9.59 Å². The van der Waals surface area contributed by atoms with Crippen LogP contribution in [0.5, 0.6) is 0 Å². The zero-order chi connectivity index (χ0) is 18.2. The highest BCUT2D eigenvalue weighted by Crippen LogP contribution is 2.24. The van der Waals surface area contributed by atoms with Gasteiger partial charge in [0.05, 0.1) is 22.1 Å². The van der Waals surface area contributed by atoms with Crippen LogP contribution in [0.1, 0.15) is 11.1 Å². The van der Waals surface area contributed by atoms with Gasteiger partial charge in [-0.15, -0.1) is 0 Å². The Labute approximate surface area is 170 Å². The van der Waals surface area contributed by atoms with Crippen LogP contribution < -0.4 is 10.7 Å². The summed E-state index contributed by atoms with van der Waals surface area (Å²) in [5.41, 5.74) is 5.15. The number of alkyl halides is 2. The summed E-state index contributed by atoms with van der Waals surface area (Å²) in [7, 11) is 0. The van der Waals surface area contributed by atoms with Crippen LogP contribution in [-0.4, -0.2) is 28.2 Å². The second kappa shape index (κ2) is 9.84. The molecule has 2 aromatic carbocycles. The van der Waals surface area contributed by atoms with E-state index in [9.17, 15) is 9.59 Å². The SMILES string of the molecule is O=C(CBr)NN=C(c1ccccc1)c1cc(Br)ccc1NC(=O)CBr. The van der Waals surface area contributed by atoms with Crippen LogP contribution in [0, 0.1) is 0 Å². The monoisotopic (exact) mass is 529 g/mol. The largest absolute Gasteiger partial charge is 0.325 e. The Kier molecular flexibility index (Phi) is 7.80. The van der Waals surface area contributed by atoms with Crippen LogP contribution in [0.3, 0.4) is 0 Å². The number of nitrogens with zero attached hydrogens (tertiary/aromatic N) is 1. The summed E-state index contributed by atoms with van der Waals surface area (Å²) in [4.78, 5) is 23.4. The third kappa shape index (κ3) is 5.76. The summed E-state index contributed by atoms with van der Waals surface area (Å²) in [6.07, 6.45) is 0. The number of hydrogen-bond donors (Lipinski definition) is 2.